The molecule has 2 N–H and O–H groups in total. The second kappa shape index (κ2) is 7.72. The van der Waals surface area contributed by atoms with Gasteiger partial charge in [-0.15, -0.1) is 0 Å². The van der Waals surface area contributed by atoms with Crippen LogP contribution in [0.2, 0.25) is 0 Å². The van der Waals surface area contributed by atoms with Crippen LogP contribution in [0, 0.1) is 5.82 Å². The monoisotopic (exact) mass is 360 g/mol. The summed E-state index contributed by atoms with van der Waals surface area (Å²) >= 11 is 0. The highest BCUT2D eigenvalue weighted by molar-refractivity contribution is 6.01. The van der Waals surface area contributed by atoms with Crippen LogP contribution in [-0.2, 0) is 0 Å². The summed E-state index contributed by atoms with van der Waals surface area (Å²) in [6, 6.07) is 9.01. The zero-order valence-corrected chi connectivity index (χ0v) is 14.8. The van der Waals surface area contributed by atoms with E-state index >= 15 is 0 Å². The molecule has 2 aromatic rings. The minimum Gasteiger partial charge on any atom is -0.493 e. The lowest BCUT2D eigenvalue weighted by atomic mass is 10.0. The van der Waals surface area contributed by atoms with Crippen LogP contribution < -0.4 is 24.8 Å². The summed E-state index contributed by atoms with van der Waals surface area (Å²) in [6.07, 6.45) is -0.216. The molecule has 26 heavy (non-hydrogen) atoms. The topological polar surface area (TPSA) is 68.8 Å². The minimum absolute atomic E-state index is 0.0960. The fourth-order valence-electron chi connectivity index (χ4n) is 3.02. The van der Waals surface area contributed by atoms with E-state index < -0.39 is 6.04 Å². The summed E-state index contributed by atoms with van der Waals surface area (Å²) < 4.78 is 29.0. The van der Waals surface area contributed by atoms with Crippen molar-refractivity contribution in [2.45, 2.75) is 12.2 Å². The zero-order chi connectivity index (χ0) is 18.7. The van der Waals surface area contributed by atoms with Crippen LogP contribution in [0.1, 0.15) is 22.1 Å². The maximum atomic E-state index is 13.1. The van der Waals surface area contributed by atoms with E-state index in [0.717, 1.165) is 5.56 Å². The van der Waals surface area contributed by atoms with Gasteiger partial charge in [-0.3, -0.25) is 15.4 Å². The lowest BCUT2D eigenvalue weighted by Gasteiger charge is -2.16. The molecule has 0 radical (unpaired) electrons. The van der Waals surface area contributed by atoms with Crippen molar-refractivity contribution in [3.05, 3.63) is 53.3 Å². The molecular formula is C19H21FN2O4. The molecule has 0 bridgehead atoms. The Morgan fingerprint density at radius 3 is 2.19 bits per heavy atom. The number of halogens is 1. The fraction of sp³-hybridized carbons (Fsp3) is 0.316. The van der Waals surface area contributed by atoms with Crippen molar-refractivity contribution in [1.29, 1.82) is 0 Å². The van der Waals surface area contributed by atoms with E-state index in [4.69, 9.17) is 14.2 Å². The minimum atomic E-state index is -0.423. The third-order valence-corrected chi connectivity index (χ3v) is 4.36. The van der Waals surface area contributed by atoms with Gasteiger partial charge in [0.1, 0.15) is 5.82 Å². The zero-order valence-electron chi connectivity index (χ0n) is 14.8. The molecule has 138 valence electrons. The lowest BCUT2D eigenvalue weighted by Crippen LogP contribution is -2.34. The Balaban J connectivity index is 1.80. The van der Waals surface area contributed by atoms with E-state index in [0.29, 0.717) is 29.4 Å². The molecule has 1 heterocycles. The Kier molecular flexibility index (Phi) is 5.39. The number of ketones is 1. The largest absolute Gasteiger partial charge is 0.493 e. The van der Waals surface area contributed by atoms with E-state index in [2.05, 4.69) is 10.6 Å². The van der Waals surface area contributed by atoms with Crippen molar-refractivity contribution in [2.75, 3.05) is 27.9 Å². The molecular weight excluding hydrogens is 339 g/mol. The van der Waals surface area contributed by atoms with Gasteiger partial charge in [0.2, 0.25) is 5.75 Å². The highest BCUT2D eigenvalue weighted by Gasteiger charge is 2.31. The molecule has 0 amide bonds. The average Bonchev–Trinajstić information content (AvgIpc) is 3.16. The van der Waals surface area contributed by atoms with E-state index in [-0.39, 0.29) is 17.8 Å². The fourth-order valence-corrected chi connectivity index (χ4v) is 3.02. The van der Waals surface area contributed by atoms with Gasteiger partial charge >= 0.3 is 0 Å². The molecule has 1 aliphatic rings. The summed E-state index contributed by atoms with van der Waals surface area (Å²) in [6.45, 7) is 0.456. The van der Waals surface area contributed by atoms with Crippen molar-refractivity contribution < 1.29 is 23.4 Å². The third-order valence-electron chi connectivity index (χ3n) is 4.36. The van der Waals surface area contributed by atoms with Crippen molar-refractivity contribution in [3.8, 4) is 17.2 Å². The molecule has 0 aromatic heterocycles. The molecule has 1 aliphatic heterocycles. The van der Waals surface area contributed by atoms with E-state index in [1.54, 1.807) is 24.3 Å². The maximum Gasteiger partial charge on any atom is 0.203 e. The van der Waals surface area contributed by atoms with Crippen molar-refractivity contribution in [1.82, 2.24) is 10.6 Å². The third kappa shape index (κ3) is 3.49. The number of benzene rings is 2. The number of rotatable bonds is 6. The summed E-state index contributed by atoms with van der Waals surface area (Å²) in [5.41, 5.74) is 1.32. The van der Waals surface area contributed by atoms with Gasteiger partial charge in [0.15, 0.2) is 17.3 Å². The Morgan fingerprint density at radius 1 is 1.04 bits per heavy atom. The number of hydrogen-bond acceptors (Lipinski definition) is 6. The van der Waals surface area contributed by atoms with Crippen LogP contribution >= 0.6 is 0 Å². The second-order valence-corrected chi connectivity index (χ2v) is 5.89. The van der Waals surface area contributed by atoms with E-state index in [1.807, 2.05) is 0 Å². The molecule has 7 heteroatoms. The van der Waals surface area contributed by atoms with Gasteiger partial charge in [-0.05, 0) is 29.8 Å². The summed E-state index contributed by atoms with van der Waals surface area (Å²) in [5, 5.41) is 6.46. The van der Waals surface area contributed by atoms with Gasteiger partial charge < -0.3 is 14.2 Å². The van der Waals surface area contributed by atoms with Crippen molar-refractivity contribution >= 4 is 5.78 Å². The maximum absolute atomic E-state index is 13.1. The van der Waals surface area contributed by atoms with Crippen LogP contribution in [0.15, 0.2) is 36.4 Å². The van der Waals surface area contributed by atoms with Gasteiger partial charge in [0.05, 0.1) is 33.5 Å². The quantitative estimate of drug-likeness (QED) is 0.771. The Morgan fingerprint density at radius 2 is 1.65 bits per heavy atom. The van der Waals surface area contributed by atoms with E-state index in [9.17, 15) is 9.18 Å². The molecule has 6 nitrogen and oxygen atoms in total. The van der Waals surface area contributed by atoms with Crippen LogP contribution in [0.25, 0.3) is 0 Å². The highest BCUT2D eigenvalue weighted by Crippen LogP contribution is 2.38. The Labute approximate surface area is 151 Å². The Bertz CT molecular complexity index is 770. The number of Topliss-reactive ketones (excluding diaryl/α,β-unsaturated/α-hetero) is 1. The molecule has 3 rings (SSSR count). The molecule has 0 spiro atoms. The van der Waals surface area contributed by atoms with Crippen LogP contribution in [0.3, 0.4) is 0 Å². The van der Waals surface area contributed by atoms with Gasteiger partial charge in [-0.25, -0.2) is 4.39 Å². The predicted molar refractivity (Wildman–Crippen MR) is 94.5 cm³/mol. The molecule has 0 saturated carbocycles. The van der Waals surface area contributed by atoms with E-state index in [1.165, 1.54) is 33.5 Å². The number of carbonyl (C=O) groups excluding carboxylic acids is 1. The molecule has 2 atom stereocenters. The van der Waals surface area contributed by atoms with Crippen LogP contribution in [-0.4, -0.2) is 39.7 Å². The predicted octanol–water partition coefficient (Wildman–Crippen LogP) is 2.29. The summed E-state index contributed by atoms with van der Waals surface area (Å²) in [5.74, 6) is 0.902. The van der Waals surface area contributed by atoms with Crippen molar-refractivity contribution in [2.24, 2.45) is 0 Å². The molecule has 0 aliphatic carbocycles. The number of methoxy groups -OCH3 is 3. The SMILES string of the molecule is COc1cc(C(=O)C2CNC(c3ccc(F)cc3)N2)cc(OC)c1OC. The smallest absolute Gasteiger partial charge is 0.203 e. The first-order chi connectivity index (χ1) is 12.6. The summed E-state index contributed by atoms with van der Waals surface area (Å²) in [4.78, 5) is 12.9. The number of hydrogen-bond donors (Lipinski definition) is 2. The lowest BCUT2D eigenvalue weighted by molar-refractivity contribution is 0.0954. The first-order valence-electron chi connectivity index (χ1n) is 8.16. The van der Waals surface area contributed by atoms with Gasteiger partial charge in [0.25, 0.3) is 0 Å². The second-order valence-electron chi connectivity index (χ2n) is 5.89. The van der Waals surface area contributed by atoms with Gasteiger partial charge in [-0.2, -0.15) is 0 Å². The Hall–Kier alpha value is -2.64. The molecule has 1 fully saturated rings. The van der Waals surface area contributed by atoms with Crippen LogP contribution in [0.4, 0.5) is 4.39 Å². The van der Waals surface area contributed by atoms with Gasteiger partial charge in [-0.1, -0.05) is 12.1 Å². The first kappa shape index (κ1) is 18.2. The standard InChI is InChI=1S/C19H21FN2O4/c1-24-15-8-12(9-16(25-2)18(15)26-3)17(23)14-10-21-19(22-14)11-4-6-13(20)7-5-11/h4-9,14,19,21-22H,10H2,1-3H3. The van der Waals surface area contributed by atoms with Crippen LogP contribution in [0.5, 0.6) is 17.2 Å². The average molecular weight is 360 g/mol. The molecule has 2 aromatic carbocycles. The highest BCUT2D eigenvalue weighted by atomic mass is 19.1. The normalized spacial score (nSPS) is 19.2. The van der Waals surface area contributed by atoms with Crippen molar-refractivity contribution in [3.63, 3.8) is 0 Å². The number of ether oxygens (including phenoxy) is 3. The first-order valence-corrected chi connectivity index (χ1v) is 8.16. The number of carbonyl (C=O) groups is 1. The molecule has 2 unspecified atom stereocenters. The summed E-state index contributed by atoms with van der Waals surface area (Å²) in [7, 11) is 4.52. The van der Waals surface area contributed by atoms with Gasteiger partial charge in [0, 0.05) is 12.1 Å². The molecule has 1 saturated heterocycles. The number of nitrogens with one attached hydrogen (secondary N) is 2.